The van der Waals surface area contributed by atoms with Crippen molar-refractivity contribution in [3.63, 3.8) is 0 Å². The zero-order valence-electron chi connectivity index (χ0n) is 12.0. The Morgan fingerprint density at radius 1 is 1.28 bits per heavy atom. The Morgan fingerprint density at radius 3 is 2.39 bits per heavy atom. The molecule has 0 spiro atoms. The standard InChI is InChI=1S/C13H27N3O2/c1-10(7-8-14)5-6-12(17)16(4)9-11(2)13(18)15-3/h10-11H,5-9,14H2,1-4H3,(H,15,18). The lowest BCUT2D eigenvalue weighted by molar-refractivity contribution is -0.132. The molecule has 0 saturated carbocycles. The minimum atomic E-state index is -0.176. The lowest BCUT2D eigenvalue weighted by Gasteiger charge is -2.21. The van der Waals surface area contributed by atoms with Gasteiger partial charge in [-0.3, -0.25) is 9.59 Å². The SMILES string of the molecule is CNC(=O)C(C)CN(C)C(=O)CCC(C)CCN. The maximum absolute atomic E-state index is 11.9. The van der Waals surface area contributed by atoms with Crippen LogP contribution >= 0.6 is 0 Å². The van der Waals surface area contributed by atoms with Gasteiger partial charge < -0.3 is 16.0 Å². The maximum atomic E-state index is 11.9. The van der Waals surface area contributed by atoms with E-state index in [0.29, 0.717) is 25.4 Å². The smallest absolute Gasteiger partial charge is 0.224 e. The first-order chi connectivity index (χ1) is 8.42. The second kappa shape index (κ2) is 8.91. The van der Waals surface area contributed by atoms with Gasteiger partial charge in [0.15, 0.2) is 0 Å². The van der Waals surface area contributed by atoms with Gasteiger partial charge in [0.1, 0.15) is 0 Å². The van der Waals surface area contributed by atoms with Gasteiger partial charge in [0.25, 0.3) is 0 Å². The van der Waals surface area contributed by atoms with E-state index in [1.807, 2.05) is 6.92 Å². The van der Waals surface area contributed by atoms with Gasteiger partial charge in [-0.05, 0) is 25.3 Å². The molecule has 0 saturated heterocycles. The van der Waals surface area contributed by atoms with Gasteiger partial charge in [-0.25, -0.2) is 0 Å². The molecule has 5 heteroatoms. The Morgan fingerprint density at radius 2 is 1.89 bits per heavy atom. The number of carbonyl (C=O) groups is 2. The molecule has 0 fully saturated rings. The number of rotatable bonds is 8. The molecule has 0 aliphatic carbocycles. The first-order valence-electron chi connectivity index (χ1n) is 6.58. The van der Waals surface area contributed by atoms with E-state index in [4.69, 9.17) is 5.73 Å². The van der Waals surface area contributed by atoms with Crippen LogP contribution in [0.2, 0.25) is 0 Å². The largest absolute Gasteiger partial charge is 0.359 e. The van der Waals surface area contributed by atoms with Crippen LogP contribution in [0, 0.1) is 11.8 Å². The highest BCUT2D eigenvalue weighted by molar-refractivity contribution is 5.80. The van der Waals surface area contributed by atoms with Crippen LogP contribution in [0.25, 0.3) is 0 Å². The predicted octanol–water partition coefficient (Wildman–Crippen LogP) is 0.592. The highest BCUT2D eigenvalue weighted by Crippen LogP contribution is 2.11. The summed E-state index contributed by atoms with van der Waals surface area (Å²) in [5, 5.41) is 2.59. The van der Waals surface area contributed by atoms with Crippen molar-refractivity contribution >= 4 is 11.8 Å². The van der Waals surface area contributed by atoms with E-state index < -0.39 is 0 Å². The number of amides is 2. The third-order valence-electron chi connectivity index (χ3n) is 3.18. The van der Waals surface area contributed by atoms with E-state index in [1.54, 1.807) is 19.0 Å². The summed E-state index contributed by atoms with van der Waals surface area (Å²) >= 11 is 0. The summed E-state index contributed by atoms with van der Waals surface area (Å²) in [5.41, 5.74) is 5.47. The van der Waals surface area contributed by atoms with Crippen molar-refractivity contribution in [2.45, 2.75) is 33.1 Å². The highest BCUT2D eigenvalue weighted by Gasteiger charge is 2.17. The van der Waals surface area contributed by atoms with Crippen LogP contribution in [0.4, 0.5) is 0 Å². The first kappa shape index (κ1) is 16.9. The zero-order chi connectivity index (χ0) is 14.1. The monoisotopic (exact) mass is 257 g/mol. The summed E-state index contributed by atoms with van der Waals surface area (Å²) in [6, 6.07) is 0. The van der Waals surface area contributed by atoms with Crippen LogP contribution in [0.5, 0.6) is 0 Å². The summed E-state index contributed by atoms with van der Waals surface area (Å²) < 4.78 is 0. The molecule has 5 nitrogen and oxygen atoms in total. The quantitative estimate of drug-likeness (QED) is 0.668. The number of nitrogens with two attached hydrogens (primary N) is 1. The predicted molar refractivity (Wildman–Crippen MR) is 72.9 cm³/mol. The average Bonchev–Trinajstić information content (AvgIpc) is 2.34. The number of carbonyl (C=O) groups excluding carboxylic acids is 2. The Balaban J connectivity index is 3.99. The zero-order valence-corrected chi connectivity index (χ0v) is 12.0. The summed E-state index contributed by atoms with van der Waals surface area (Å²) in [5.74, 6) is 0.356. The molecule has 0 radical (unpaired) electrons. The molecule has 2 unspecified atom stereocenters. The fourth-order valence-electron chi connectivity index (χ4n) is 1.83. The van der Waals surface area contributed by atoms with E-state index in [-0.39, 0.29) is 17.7 Å². The summed E-state index contributed by atoms with van der Waals surface area (Å²) in [7, 11) is 3.35. The molecule has 0 aromatic heterocycles. The number of hydrogen-bond acceptors (Lipinski definition) is 3. The number of hydrogen-bond donors (Lipinski definition) is 2. The molecular formula is C13H27N3O2. The normalized spacial score (nSPS) is 13.8. The number of nitrogens with zero attached hydrogens (tertiary/aromatic N) is 1. The van der Waals surface area contributed by atoms with Gasteiger partial charge >= 0.3 is 0 Å². The van der Waals surface area contributed by atoms with Crippen molar-refractivity contribution in [2.24, 2.45) is 17.6 Å². The molecule has 2 amide bonds. The van der Waals surface area contributed by atoms with Crippen LogP contribution in [0.1, 0.15) is 33.1 Å². The Bertz CT molecular complexity index is 269. The van der Waals surface area contributed by atoms with Gasteiger partial charge in [0, 0.05) is 27.1 Å². The minimum Gasteiger partial charge on any atom is -0.359 e. The van der Waals surface area contributed by atoms with Gasteiger partial charge in [0.2, 0.25) is 11.8 Å². The second-order valence-corrected chi connectivity index (χ2v) is 5.01. The van der Waals surface area contributed by atoms with Crippen molar-refractivity contribution in [2.75, 3.05) is 27.2 Å². The van der Waals surface area contributed by atoms with E-state index in [2.05, 4.69) is 12.2 Å². The molecule has 2 atom stereocenters. The van der Waals surface area contributed by atoms with E-state index >= 15 is 0 Å². The lowest BCUT2D eigenvalue weighted by atomic mass is 10.0. The molecule has 3 N–H and O–H groups in total. The number of nitrogens with one attached hydrogen (secondary N) is 1. The molecule has 0 aromatic rings. The highest BCUT2D eigenvalue weighted by atomic mass is 16.2. The average molecular weight is 257 g/mol. The van der Waals surface area contributed by atoms with Crippen molar-refractivity contribution in [3.8, 4) is 0 Å². The van der Waals surface area contributed by atoms with Crippen LogP contribution < -0.4 is 11.1 Å². The third-order valence-corrected chi connectivity index (χ3v) is 3.18. The van der Waals surface area contributed by atoms with Crippen molar-refractivity contribution in [3.05, 3.63) is 0 Å². The topological polar surface area (TPSA) is 75.4 Å². The Hall–Kier alpha value is -1.10. The van der Waals surface area contributed by atoms with Crippen molar-refractivity contribution < 1.29 is 9.59 Å². The molecule has 0 aromatic carbocycles. The van der Waals surface area contributed by atoms with Gasteiger partial charge in [0.05, 0.1) is 5.92 Å². The second-order valence-electron chi connectivity index (χ2n) is 5.01. The van der Waals surface area contributed by atoms with Crippen molar-refractivity contribution in [1.82, 2.24) is 10.2 Å². The van der Waals surface area contributed by atoms with Crippen LogP contribution in [0.15, 0.2) is 0 Å². The molecule has 0 aliphatic heterocycles. The molecule has 0 aliphatic rings. The van der Waals surface area contributed by atoms with Crippen LogP contribution in [-0.2, 0) is 9.59 Å². The molecule has 18 heavy (non-hydrogen) atoms. The summed E-state index contributed by atoms with van der Waals surface area (Å²) in [4.78, 5) is 24.9. The minimum absolute atomic E-state index is 0.0360. The Labute approximate surface area is 110 Å². The van der Waals surface area contributed by atoms with Gasteiger partial charge in [-0.1, -0.05) is 13.8 Å². The molecule has 0 bridgehead atoms. The van der Waals surface area contributed by atoms with E-state index in [0.717, 1.165) is 12.8 Å². The Kier molecular flexibility index (Phi) is 8.37. The fraction of sp³-hybridized carbons (Fsp3) is 0.846. The third kappa shape index (κ3) is 6.59. The van der Waals surface area contributed by atoms with E-state index in [9.17, 15) is 9.59 Å². The van der Waals surface area contributed by atoms with Crippen molar-refractivity contribution in [1.29, 1.82) is 0 Å². The molecule has 0 rings (SSSR count). The summed E-state index contributed by atoms with van der Waals surface area (Å²) in [6.07, 6.45) is 2.33. The molecule has 0 heterocycles. The first-order valence-corrected chi connectivity index (χ1v) is 6.58. The summed E-state index contributed by atoms with van der Waals surface area (Å²) in [6.45, 7) is 5.05. The molecular weight excluding hydrogens is 230 g/mol. The van der Waals surface area contributed by atoms with Gasteiger partial charge in [-0.15, -0.1) is 0 Å². The van der Waals surface area contributed by atoms with Crippen LogP contribution in [-0.4, -0.2) is 43.9 Å². The van der Waals surface area contributed by atoms with Gasteiger partial charge in [-0.2, -0.15) is 0 Å². The fourth-order valence-corrected chi connectivity index (χ4v) is 1.83. The molecule has 106 valence electrons. The van der Waals surface area contributed by atoms with Crippen LogP contribution in [0.3, 0.4) is 0 Å². The lowest BCUT2D eigenvalue weighted by Crippen LogP contribution is -2.37. The van der Waals surface area contributed by atoms with E-state index in [1.165, 1.54) is 0 Å². The maximum Gasteiger partial charge on any atom is 0.224 e.